The number of benzene rings is 2. The average Bonchev–Trinajstić information content (AvgIpc) is 3.09. The number of hydrogen-bond donors (Lipinski definition) is 0. The van der Waals surface area contributed by atoms with Crippen molar-refractivity contribution in [3.05, 3.63) is 70.4 Å². The summed E-state index contributed by atoms with van der Waals surface area (Å²) < 4.78 is 22.8. The van der Waals surface area contributed by atoms with Crippen molar-refractivity contribution in [1.82, 2.24) is 0 Å². The van der Waals surface area contributed by atoms with Crippen molar-refractivity contribution in [3.8, 4) is 22.8 Å². The number of furan rings is 1. The molecule has 31 heavy (non-hydrogen) atoms. The van der Waals surface area contributed by atoms with Crippen LogP contribution in [0.5, 0.6) is 11.5 Å². The molecule has 0 aliphatic heterocycles. The summed E-state index contributed by atoms with van der Waals surface area (Å²) in [5, 5.41) is 0.684. The van der Waals surface area contributed by atoms with E-state index in [0.717, 1.165) is 28.2 Å². The number of carbonyl (C=O) groups excluding carboxylic acids is 1. The van der Waals surface area contributed by atoms with Crippen LogP contribution in [0, 0.1) is 13.8 Å². The topological polar surface area (TPSA) is 57.9 Å². The molecule has 0 atom stereocenters. The number of aryl methyl sites for hydroxylation is 2. The van der Waals surface area contributed by atoms with Crippen LogP contribution in [0.15, 0.2) is 52.9 Å². The zero-order valence-electron chi connectivity index (χ0n) is 18.5. The van der Waals surface area contributed by atoms with Crippen molar-refractivity contribution in [2.24, 2.45) is 0 Å². The van der Waals surface area contributed by atoms with Gasteiger partial charge >= 0.3 is 5.97 Å². The van der Waals surface area contributed by atoms with Crippen molar-refractivity contribution in [1.29, 1.82) is 0 Å². The van der Waals surface area contributed by atoms with Gasteiger partial charge in [0, 0.05) is 16.1 Å². The van der Waals surface area contributed by atoms with Crippen LogP contribution in [-0.2, 0) is 16.1 Å². The van der Waals surface area contributed by atoms with Crippen molar-refractivity contribution < 1.29 is 23.4 Å². The van der Waals surface area contributed by atoms with E-state index in [-0.39, 0.29) is 0 Å². The van der Waals surface area contributed by atoms with Crippen molar-refractivity contribution in [3.63, 3.8) is 0 Å². The minimum Gasteiger partial charge on any atom is -0.489 e. The van der Waals surface area contributed by atoms with Gasteiger partial charge in [-0.2, -0.15) is 0 Å². The second kappa shape index (κ2) is 9.48. The maximum absolute atomic E-state index is 12.1. The zero-order valence-corrected chi connectivity index (χ0v) is 19.2. The zero-order chi connectivity index (χ0) is 22.6. The lowest BCUT2D eigenvalue weighted by Crippen LogP contribution is -2.39. The third-order valence-electron chi connectivity index (χ3n) is 4.82. The molecule has 0 radical (unpaired) electrons. The van der Waals surface area contributed by atoms with Gasteiger partial charge in [-0.1, -0.05) is 11.6 Å². The normalized spacial score (nSPS) is 11.3. The van der Waals surface area contributed by atoms with E-state index in [0.29, 0.717) is 29.7 Å². The fourth-order valence-corrected chi connectivity index (χ4v) is 3.15. The van der Waals surface area contributed by atoms with E-state index in [1.54, 1.807) is 26.8 Å². The SMILES string of the molecule is CCOC(=O)C(C)(C)Oc1ccc(OCc2cc(-c3ccc(Cl)cc3)oc2C)cc1C. The summed E-state index contributed by atoms with van der Waals surface area (Å²) in [4.78, 5) is 12.1. The van der Waals surface area contributed by atoms with Gasteiger partial charge in [0.05, 0.1) is 6.61 Å². The number of esters is 1. The highest BCUT2D eigenvalue weighted by Crippen LogP contribution is 2.30. The fraction of sp³-hybridized carbons (Fsp3) is 0.320. The largest absolute Gasteiger partial charge is 0.489 e. The van der Waals surface area contributed by atoms with Gasteiger partial charge in [0.1, 0.15) is 29.6 Å². The first-order valence-electron chi connectivity index (χ1n) is 10.1. The summed E-state index contributed by atoms with van der Waals surface area (Å²) in [5.74, 6) is 2.48. The quantitative estimate of drug-likeness (QED) is 0.372. The van der Waals surface area contributed by atoms with Crippen molar-refractivity contribution >= 4 is 17.6 Å². The highest BCUT2D eigenvalue weighted by Gasteiger charge is 2.32. The van der Waals surface area contributed by atoms with E-state index in [1.165, 1.54) is 0 Å². The molecule has 0 aliphatic rings. The van der Waals surface area contributed by atoms with Crippen molar-refractivity contribution in [2.45, 2.75) is 46.8 Å². The summed E-state index contributed by atoms with van der Waals surface area (Å²) in [6.07, 6.45) is 0. The highest BCUT2D eigenvalue weighted by molar-refractivity contribution is 6.30. The van der Waals surface area contributed by atoms with Crippen molar-refractivity contribution in [2.75, 3.05) is 6.61 Å². The summed E-state index contributed by atoms with van der Waals surface area (Å²) in [6.45, 7) is 9.65. The van der Waals surface area contributed by atoms with Gasteiger partial charge in [0.15, 0.2) is 5.60 Å². The molecule has 0 saturated heterocycles. The molecule has 2 aromatic carbocycles. The maximum atomic E-state index is 12.1. The summed E-state index contributed by atoms with van der Waals surface area (Å²) >= 11 is 5.96. The first-order chi connectivity index (χ1) is 14.7. The molecule has 0 saturated carbocycles. The smallest absolute Gasteiger partial charge is 0.349 e. The first kappa shape index (κ1) is 22.8. The van der Waals surface area contributed by atoms with Crippen LogP contribution in [0.2, 0.25) is 5.02 Å². The average molecular weight is 443 g/mol. The van der Waals surface area contributed by atoms with Crippen LogP contribution in [0.25, 0.3) is 11.3 Å². The van der Waals surface area contributed by atoms with Gasteiger partial charge < -0.3 is 18.6 Å². The Morgan fingerprint density at radius 1 is 1.06 bits per heavy atom. The minimum atomic E-state index is -1.07. The summed E-state index contributed by atoms with van der Waals surface area (Å²) in [5.41, 5.74) is 1.71. The van der Waals surface area contributed by atoms with E-state index in [4.69, 9.17) is 30.2 Å². The molecule has 6 heteroatoms. The highest BCUT2D eigenvalue weighted by atomic mass is 35.5. The van der Waals surface area contributed by atoms with Gasteiger partial charge in [-0.25, -0.2) is 4.79 Å². The lowest BCUT2D eigenvalue weighted by Gasteiger charge is -2.25. The molecule has 3 rings (SSSR count). The Morgan fingerprint density at radius 2 is 1.77 bits per heavy atom. The van der Waals surface area contributed by atoms with E-state index in [9.17, 15) is 4.79 Å². The van der Waals surface area contributed by atoms with E-state index in [2.05, 4.69) is 0 Å². The lowest BCUT2D eigenvalue weighted by atomic mass is 10.1. The third-order valence-corrected chi connectivity index (χ3v) is 5.07. The Balaban J connectivity index is 1.67. The molecule has 0 bridgehead atoms. The predicted octanol–water partition coefficient (Wildman–Crippen LogP) is 6.52. The Bertz CT molecular complexity index is 1050. The Labute approximate surface area is 187 Å². The van der Waals surface area contributed by atoms with E-state index >= 15 is 0 Å². The van der Waals surface area contributed by atoms with Gasteiger partial charge in [0.2, 0.25) is 0 Å². The third kappa shape index (κ3) is 5.61. The Hall–Kier alpha value is -2.92. The lowest BCUT2D eigenvalue weighted by molar-refractivity contribution is -0.158. The van der Waals surface area contributed by atoms with E-state index < -0.39 is 11.6 Å². The first-order valence-corrected chi connectivity index (χ1v) is 10.5. The van der Waals surface area contributed by atoms with Crippen LogP contribution in [0.4, 0.5) is 0 Å². The second-order valence-corrected chi connectivity index (χ2v) is 8.18. The molecule has 3 aromatic rings. The number of carbonyl (C=O) groups is 1. The maximum Gasteiger partial charge on any atom is 0.349 e. The monoisotopic (exact) mass is 442 g/mol. The van der Waals surface area contributed by atoms with Gasteiger partial charge in [-0.15, -0.1) is 0 Å². The van der Waals surface area contributed by atoms with Crippen LogP contribution < -0.4 is 9.47 Å². The number of halogens is 1. The van der Waals surface area contributed by atoms with Crippen LogP contribution in [0.1, 0.15) is 37.7 Å². The van der Waals surface area contributed by atoms with Crippen LogP contribution in [-0.4, -0.2) is 18.2 Å². The second-order valence-electron chi connectivity index (χ2n) is 7.75. The van der Waals surface area contributed by atoms with E-state index in [1.807, 2.05) is 56.3 Å². The van der Waals surface area contributed by atoms with Gasteiger partial charge in [-0.3, -0.25) is 0 Å². The Morgan fingerprint density at radius 3 is 2.42 bits per heavy atom. The number of rotatable bonds is 8. The molecule has 0 amide bonds. The standard InChI is InChI=1S/C25H27ClO5/c1-6-28-24(27)25(4,5)31-22-12-11-21(13-16(22)2)29-15-19-14-23(30-17(19)3)18-7-9-20(26)10-8-18/h7-14H,6,15H2,1-5H3. The molecule has 1 aromatic heterocycles. The number of hydrogen-bond acceptors (Lipinski definition) is 5. The Kier molecular flexibility index (Phi) is 6.96. The molecule has 0 fully saturated rings. The molecule has 0 N–H and O–H groups in total. The fourth-order valence-electron chi connectivity index (χ4n) is 3.03. The minimum absolute atomic E-state index is 0.310. The molecule has 0 unspecified atom stereocenters. The molecule has 5 nitrogen and oxygen atoms in total. The summed E-state index contributed by atoms with van der Waals surface area (Å²) in [7, 11) is 0. The molecule has 0 spiro atoms. The van der Waals surface area contributed by atoms with Gasteiger partial charge in [-0.05, 0) is 88.7 Å². The number of ether oxygens (including phenoxy) is 3. The predicted molar refractivity (Wildman–Crippen MR) is 121 cm³/mol. The van der Waals surface area contributed by atoms with Gasteiger partial charge in [0.25, 0.3) is 0 Å². The van der Waals surface area contributed by atoms with Crippen LogP contribution in [0.3, 0.4) is 0 Å². The molecular weight excluding hydrogens is 416 g/mol. The molecule has 164 valence electrons. The molecule has 0 aliphatic carbocycles. The molecular formula is C25H27ClO5. The molecule has 1 heterocycles. The summed E-state index contributed by atoms with van der Waals surface area (Å²) in [6, 6.07) is 15.0. The van der Waals surface area contributed by atoms with Crippen LogP contribution >= 0.6 is 11.6 Å².